The van der Waals surface area contributed by atoms with Crippen LogP contribution in [0.4, 0.5) is 0 Å². The lowest BCUT2D eigenvalue weighted by atomic mass is 10.0. The second kappa shape index (κ2) is 73.2. The van der Waals surface area contributed by atoms with Gasteiger partial charge in [0.25, 0.3) is 0 Å². The van der Waals surface area contributed by atoms with Crippen LogP contribution >= 0.6 is 7.82 Å². The van der Waals surface area contributed by atoms with Crippen LogP contribution in [-0.4, -0.2) is 49.3 Å². The molecule has 2 unspecified atom stereocenters. The SMILES string of the molecule is CC/C=C\C/C=C\C/C=C\C/C=C\C/C=C\C/C=C\C/C=C\C/C=C\CCCCCCCCCCCCC(=O)OC(COC(=O)CCCCCCCCCCCCCCCCCCCC/C=C\C/C=C\C/C=C\CCCCCCC)COP(=O)(O)OCCN. The smallest absolute Gasteiger partial charge is 0.462 e. The zero-order valence-corrected chi connectivity index (χ0v) is 58.3. The third-order valence-electron chi connectivity index (χ3n) is 15.5. The first-order valence-corrected chi connectivity index (χ1v) is 38.2. The summed E-state index contributed by atoms with van der Waals surface area (Å²) < 4.78 is 33.2. The Morgan fingerprint density at radius 2 is 0.618 bits per heavy atom. The van der Waals surface area contributed by atoms with Crippen molar-refractivity contribution in [3.05, 3.63) is 134 Å². The van der Waals surface area contributed by atoms with E-state index in [9.17, 15) is 19.0 Å². The minimum absolute atomic E-state index is 0.0480. The molecule has 0 spiro atoms. The molecular formula is C79H136NO8P. The average molecular weight is 1260 g/mol. The number of hydrogen-bond donors (Lipinski definition) is 2. The lowest BCUT2D eigenvalue weighted by Crippen LogP contribution is -2.29. The highest BCUT2D eigenvalue weighted by Gasteiger charge is 2.26. The summed E-state index contributed by atoms with van der Waals surface area (Å²) in [5.74, 6) is -0.829. The van der Waals surface area contributed by atoms with E-state index in [1.807, 2.05) is 0 Å². The highest BCUT2D eigenvalue weighted by Crippen LogP contribution is 2.43. The van der Waals surface area contributed by atoms with Gasteiger partial charge in [0.15, 0.2) is 6.10 Å². The number of phosphoric acid groups is 1. The summed E-state index contributed by atoms with van der Waals surface area (Å²) in [7, 11) is -4.40. The van der Waals surface area contributed by atoms with Gasteiger partial charge in [-0.3, -0.25) is 18.6 Å². The Morgan fingerprint density at radius 3 is 0.921 bits per heavy atom. The summed E-state index contributed by atoms with van der Waals surface area (Å²) in [6.45, 7) is 3.64. The first-order valence-electron chi connectivity index (χ1n) is 36.7. The Balaban J connectivity index is 3.90. The number of carbonyl (C=O) groups is 2. The van der Waals surface area contributed by atoms with Gasteiger partial charge in [0.2, 0.25) is 0 Å². The maximum Gasteiger partial charge on any atom is 0.472 e. The Kier molecular flexibility index (Phi) is 70.0. The van der Waals surface area contributed by atoms with Gasteiger partial charge in [-0.05, 0) is 116 Å². The minimum Gasteiger partial charge on any atom is -0.462 e. The third kappa shape index (κ3) is 73.1. The molecule has 0 radical (unpaired) electrons. The predicted molar refractivity (Wildman–Crippen MR) is 385 cm³/mol. The second-order valence-electron chi connectivity index (χ2n) is 24.1. The molecule has 9 nitrogen and oxygen atoms in total. The molecular weight excluding hydrogens is 1120 g/mol. The van der Waals surface area contributed by atoms with Crippen LogP contribution in [0.1, 0.15) is 322 Å². The number of esters is 2. The van der Waals surface area contributed by atoms with Crippen molar-refractivity contribution in [2.24, 2.45) is 5.73 Å². The topological polar surface area (TPSA) is 134 Å². The van der Waals surface area contributed by atoms with Gasteiger partial charge in [0.1, 0.15) is 6.61 Å². The summed E-state index contributed by atoms with van der Waals surface area (Å²) in [4.78, 5) is 35.4. The van der Waals surface area contributed by atoms with Crippen molar-refractivity contribution >= 4 is 19.8 Å². The van der Waals surface area contributed by atoms with Crippen LogP contribution in [0.15, 0.2) is 134 Å². The number of nitrogens with two attached hydrogens (primary N) is 1. The van der Waals surface area contributed by atoms with Crippen LogP contribution in [0.3, 0.4) is 0 Å². The number of ether oxygens (including phenoxy) is 2. The van der Waals surface area contributed by atoms with E-state index < -0.39 is 26.5 Å². The van der Waals surface area contributed by atoms with E-state index in [0.717, 1.165) is 109 Å². The summed E-state index contributed by atoms with van der Waals surface area (Å²) in [5, 5.41) is 0. The number of phosphoric ester groups is 1. The van der Waals surface area contributed by atoms with Gasteiger partial charge < -0.3 is 20.1 Å². The molecule has 0 aromatic heterocycles. The molecule has 0 aliphatic rings. The Bertz CT molecular complexity index is 1920. The zero-order chi connectivity index (χ0) is 64.4. The summed E-state index contributed by atoms with van der Waals surface area (Å²) >= 11 is 0. The molecule has 0 fully saturated rings. The molecule has 510 valence electrons. The maximum absolute atomic E-state index is 12.8. The fourth-order valence-corrected chi connectivity index (χ4v) is 10.9. The van der Waals surface area contributed by atoms with E-state index in [4.69, 9.17) is 24.3 Å². The van der Waals surface area contributed by atoms with Gasteiger partial charge in [-0.1, -0.05) is 327 Å². The average Bonchev–Trinajstić information content (AvgIpc) is 3.66. The van der Waals surface area contributed by atoms with Gasteiger partial charge >= 0.3 is 19.8 Å². The van der Waals surface area contributed by atoms with Crippen molar-refractivity contribution in [3.8, 4) is 0 Å². The van der Waals surface area contributed by atoms with Crippen molar-refractivity contribution in [2.45, 2.75) is 328 Å². The molecule has 2 atom stereocenters. The highest BCUT2D eigenvalue weighted by atomic mass is 31.2. The molecule has 0 rings (SSSR count). The lowest BCUT2D eigenvalue weighted by Gasteiger charge is -2.19. The van der Waals surface area contributed by atoms with Gasteiger partial charge in [-0.15, -0.1) is 0 Å². The highest BCUT2D eigenvalue weighted by molar-refractivity contribution is 7.47. The Labute approximate surface area is 548 Å². The molecule has 0 saturated carbocycles. The van der Waals surface area contributed by atoms with Crippen molar-refractivity contribution in [1.82, 2.24) is 0 Å². The molecule has 0 aromatic carbocycles. The number of rotatable bonds is 68. The summed E-state index contributed by atoms with van der Waals surface area (Å²) in [5.41, 5.74) is 5.41. The molecule has 0 bridgehead atoms. The van der Waals surface area contributed by atoms with Crippen LogP contribution in [0.25, 0.3) is 0 Å². The van der Waals surface area contributed by atoms with E-state index in [0.29, 0.717) is 6.42 Å². The molecule has 0 aliphatic heterocycles. The quantitative estimate of drug-likeness (QED) is 0.0264. The van der Waals surface area contributed by atoms with Crippen LogP contribution in [-0.2, 0) is 32.7 Å². The predicted octanol–water partition coefficient (Wildman–Crippen LogP) is 24.4. The molecule has 0 aromatic rings. The summed E-state index contributed by atoms with van der Waals surface area (Å²) in [6, 6.07) is 0. The molecule has 0 saturated heterocycles. The normalized spacial score (nSPS) is 13.7. The summed E-state index contributed by atoms with van der Waals surface area (Å²) in [6.07, 6.45) is 104. The maximum atomic E-state index is 12.8. The lowest BCUT2D eigenvalue weighted by molar-refractivity contribution is -0.161. The third-order valence-corrected chi connectivity index (χ3v) is 16.5. The number of allylic oxidation sites excluding steroid dienone is 22. The number of unbranched alkanes of at least 4 members (excludes halogenated alkanes) is 33. The molecule has 10 heteroatoms. The molecule has 0 heterocycles. The van der Waals surface area contributed by atoms with Crippen molar-refractivity contribution in [2.75, 3.05) is 26.4 Å². The molecule has 89 heavy (non-hydrogen) atoms. The van der Waals surface area contributed by atoms with Gasteiger partial charge in [-0.2, -0.15) is 0 Å². The fraction of sp³-hybridized carbons (Fsp3) is 0.696. The number of carbonyl (C=O) groups excluding carboxylic acids is 2. The Morgan fingerprint density at radius 1 is 0.348 bits per heavy atom. The van der Waals surface area contributed by atoms with Crippen molar-refractivity contribution in [3.63, 3.8) is 0 Å². The van der Waals surface area contributed by atoms with Gasteiger partial charge in [-0.25, -0.2) is 4.57 Å². The largest absolute Gasteiger partial charge is 0.472 e. The fourth-order valence-electron chi connectivity index (χ4n) is 10.1. The Hall–Kier alpha value is -3.85. The van der Waals surface area contributed by atoms with E-state index in [-0.39, 0.29) is 38.6 Å². The van der Waals surface area contributed by atoms with E-state index in [1.165, 1.54) is 180 Å². The van der Waals surface area contributed by atoms with E-state index >= 15 is 0 Å². The van der Waals surface area contributed by atoms with Crippen molar-refractivity contribution < 1.29 is 37.6 Å². The van der Waals surface area contributed by atoms with Crippen molar-refractivity contribution in [1.29, 1.82) is 0 Å². The standard InChI is InChI=1S/C79H136NO8P/c1-3-5-7-9-11-13-15-17-19-21-23-25-27-29-31-33-35-37-38-40-42-44-46-48-50-52-54-56-58-60-62-64-66-68-70-72-79(82)88-77(76-87-89(83,84)86-74-73-80)75-85-78(81)71-69-67-65-63-61-59-57-55-53-51-49-47-45-43-41-39-36-34-32-30-28-26-24-22-20-18-16-14-12-10-8-6-4-2/h5,7,11,13,16-19,22-25,28-31,35,37,40,42,46,48,77H,3-4,6,8-10,12,14-15,20-21,26-27,32-34,36,38-39,41,43-45,47,49-76,80H2,1-2H3,(H,83,84)/b7-5-,13-11-,18-16-,19-17-,24-22-,25-23-,30-28-,31-29-,37-35-,42-40-,48-46-. The zero-order valence-electron chi connectivity index (χ0n) is 57.4. The van der Waals surface area contributed by atoms with E-state index in [1.54, 1.807) is 0 Å². The first-order chi connectivity index (χ1) is 43.8. The number of hydrogen-bond acceptors (Lipinski definition) is 8. The van der Waals surface area contributed by atoms with Gasteiger partial charge in [0, 0.05) is 19.4 Å². The second-order valence-corrected chi connectivity index (χ2v) is 25.5. The van der Waals surface area contributed by atoms with Crippen LogP contribution < -0.4 is 5.73 Å². The minimum atomic E-state index is -4.40. The monoisotopic (exact) mass is 1260 g/mol. The first kappa shape index (κ1) is 85.2. The molecule has 0 amide bonds. The van der Waals surface area contributed by atoms with Crippen LogP contribution in [0, 0.1) is 0 Å². The van der Waals surface area contributed by atoms with Crippen LogP contribution in [0.2, 0.25) is 0 Å². The molecule has 0 aliphatic carbocycles. The van der Waals surface area contributed by atoms with Gasteiger partial charge in [0.05, 0.1) is 13.2 Å². The van der Waals surface area contributed by atoms with E-state index in [2.05, 4.69) is 148 Å². The molecule has 3 N–H and O–H groups in total. The van der Waals surface area contributed by atoms with Crippen LogP contribution in [0.5, 0.6) is 0 Å².